The standard InChI is InChI=1S/C22H36N4O3S.HI/c1-4-23-21(25-17-22(3)12-6-14-29-22)24-15-19-8-10-20(11-9-19)30(27,28)26-13-5-7-18(2)16-26;/h8-11,18H,4-7,12-17H2,1-3H3,(H2,23,24,25);1H. The molecule has 7 nitrogen and oxygen atoms in total. The van der Waals surface area contributed by atoms with Crippen LogP contribution in [0.3, 0.4) is 0 Å². The van der Waals surface area contributed by atoms with Crippen LogP contribution >= 0.6 is 24.0 Å². The van der Waals surface area contributed by atoms with E-state index in [2.05, 4.69) is 29.5 Å². The SMILES string of the molecule is CCNC(=NCc1ccc(S(=O)(=O)N2CCCC(C)C2)cc1)NCC1(C)CCCO1.I. The van der Waals surface area contributed by atoms with Crippen LogP contribution in [0.15, 0.2) is 34.2 Å². The van der Waals surface area contributed by atoms with Gasteiger partial charge in [0, 0.05) is 32.8 Å². The van der Waals surface area contributed by atoms with Crippen molar-refractivity contribution in [2.24, 2.45) is 10.9 Å². The summed E-state index contributed by atoms with van der Waals surface area (Å²) in [5.74, 6) is 1.16. The number of nitrogens with zero attached hydrogens (tertiary/aromatic N) is 2. The van der Waals surface area contributed by atoms with Crippen molar-refractivity contribution in [3.8, 4) is 0 Å². The molecule has 2 aliphatic rings. The van der Waals surface area contributed by atoms with Gasteiger partial charge in [0.1, 0.15) is 0 Å². The van der Waals surface area contributed by atoms with E-state index in [0.717, 1.165) is 50.4 Å². The van der Waals surface area contributed by atoms with Crippen LogP contribution < -0.4 is 10.6 Å². The molecule has 31 heavy (non-hydrogen) atoms. The van der Waals surface area contributed by atoms with Crippen molar-refractivity contribution in [1.82, 2.24) is 14.9 Å². The van der Waals surface area contributed by atoms with Gasteiger partial charge < -0.3 is 15.4 Å². The van der Waals surface area contributed by atoms with E-state index in [1.807, 2.05) is 19.1 Å². The minimum atomic E-state index is -3.42. The number of sulfonamides is 1. The molecule has 2 aliphatic heterocycles. The van der Waals surface area contributed by atoms with Crippen molar-refractivity contribution in [3.63, 3.8) is 0 Å². The summed E-state index contributed by atoms with van der Waals surface area (Å²) in [4.78, 5) is 5.01. The molecule has 0 aromatic heterocycles. The first-order valence-electron chi connectivity index (χ1n) is 11.1. The van der Waals surface area contributed by atoms with E-state index in [4.69, 9.17) is 4.74 Å². The Morgan fingerprint density at radius 2 is 2.00 bits per heavy atom. The fourth-order valence-corrected chi connectivity index (χ4v) is 5.64. The summed E-state index contributed by atoms with van der Waals surface area (Å²) in [5, 5.41) is 6.63. The normalized spacial score (nSPS) is 25.1. The Balaban J connectivity index is 0.00000341. The molecular weight excluding hydrogens is 527 g/mol. The van der Waals surface area contributed by atoms with Crippen LogP contribution in [0.2, 0.25) is 0 Å². The van der Waals surface area contributed by atoms with Crippen LogP contribution in [0.25, 0.3) is 0 Å². The van der Waals surface area contributed by atoms with Gasteiger partial charge in [-0.15, -0.1) is 24.0 Å². The van der Waals surface area contributed by atoms with E-state index in [0.29, 0.717) is 37.0 Å². The summed E-state index contributed by atoms with van der Waals surface area (Å²) >= 11 is 0. The second-order valence-electron chi connectivity index (χ2n) is 8.71. The van der Waals surface area contributed by atoms with E-state index < -0.39 is 10.0 Å². The van der Waals surface area contributed by atoms with E-state index in [9.17, 15) is 8.42 Å². The van der Waals surface area contributed by atoms with E-state index in [1.165, 1.54) is 0 Å². The maximum Gasteiger partial charge on any atom is 0.243 e. The third-order valence-electron chi connectivity index (χ3n) is 5.88. The van der Waals surface area contributed by atoms with Crippen molar-refractivity contribution < 1.29 is 13.2 Å². The molecule has 0 amide bonds. The molecule has 1 aromatic carbocycles. The van der Waals surface area contributed by atoms with Gasteiger partial charge in [-0.3, -0.25) is 0 Å². The van der Waals surface area contributed by atoms with E-state index in [1.54, 1.807) is 16.4 Å². The molecule has 1 aromatic rings. The molecule has 2 saturated heterocycles. The molecule has 0 saturated carbocycles. The molecule has 9 heteroatoms. The van der Waals surface area contributed by atoms with Gasteiger partial charge >= 0.3 is 0 Å². The smallest absolute Gasteiger partial charge is 0.243 e. The van der Waals surface area contributed by atoms with Crippen molar-refractivity contribution >= 4 is 40.0 Å². The number of halogens is 1. The van der Waals surface area contributed by atoms with Crippen LogP contribution in [0.1, 0.15) is 52.0 Å². The monoisotopic (exact) mass is 564 g/mol. The summed E-state index contributed by atoms with van der Waals surface area (Å²) < 4.78 is 33.3. The Labute approximate surface area is 204 Å². The lowest BCUT2D eigenvalue weighted by Gasteiger charge is -2.30. The second-order valence-corrected chi connectivity index (χ2v) is 10.6. The molecule has 176 valence electrons. The maximum absolute atomic E-state index is 12.9. The van der Waals surface area contributed by atoms with Crippen molar-refractivity contribution in [2.45, 2.75) is 63.5 Å². The average Bonchev–Trinajstić information content (AvgIpc) is 3.17. The number of nitrogens with one attached hydrogen (secondary N) is 2. The predicted octanol–water partition coefficient (Wildman–Crippen LogP) is 3.35. The molecule has 0 aliphatic carbocycles. The largest absolute Gasteiger partial charge is 0.373 e. The van der Waals surface area contributed by atoms with Crippen LogP contribution in [0.4, 0.5) is 0 Å². The number of benzene rings is 1. The molecule has 2 N–H and O–H groups in total. The molecular formula is C22H37IN4O3S. The summed E-state index contributed by atoms with van der Waals surface area (Å²) in [7, 11) is -3.42. The number of guanidine groups is 1. The average molecular weight is 565 g/mol. The highest BCUT2D eigenvalue weighted by Gasteiger charge is 2.30. The molecule has 2 atom stereocenters. The number of ether oxygens (including phenoxy) is 1. The van der Waals surface area contributed by atoms with Crippen LogP contribution in [-0.4, -0.2) is 57.1 Å². The zero-order valence-corrected chi connectivity index (χ0v) is 22.0. The topological polar surface area (TPSA) is 83.0 Å². The van der Waals surface area contributed by atoms with Crippen LogP contribution in [0, 0.1) is 5.92 Å². The first-order chi connectivity index (χ1) is 14.3. The summed E-state index contributed by atoms with van der Waals surface area (Å²) in [6.07, 6.45) is 4.16. The zero-order chi connectivity index (χ0) is 21.6. The van der Waals surface area contributed by atoms with Crippen molar-refractivity contribution in [3.05, 3.63) is 29.8 Å². The molecule has 0 bridgehead atoms. The summed E-state index contributed by atoms with van der Waals surface area (Å²) in [6.45, 7) is 10.3. The lowest BCUT2D eigenvalue weighted by molar-refractivity contribution is 0.0243. The number of hydrogen-bond donors (Lipinski definition) is 2. The molecule has 3 rings (SSSR count). The minimum Gasteiger partial charge on any atom is -0.373 e. The Kier molecular flexibility index (Phi) is 10.0. The highest BCUT2D eigenvalue weighted by Crippen LogP contribution is 2.24. The number of piperidine rings is 1. The lowest BCUT2D eigenvalue weighted by atomic mass is 10.0. The predicted molar refractivity (Wildman–Crippen MR) is 135 cm³/mol. The molecule has 2 unspecified atom stereocenters. The first kappa shape index (κ1) is 26.3. The molecule has 2 heterocycles. The molecule has 0 spiro atoms. The Bertz CT molecular complexity index is 824. The Morgan fingerprint density at radius 1 is 1.26 bits per heavy atom. The fraction of sp³-hybridized carbons (Fsp3) is 0.682. The Hall–Kier alpha value is -0.910. The molecule has 2 fully saturated rings. The van der Waals surface area contributed by atoms with Gasteiger partial charge in [-0.2, -0.15) is 4.31 Å². The van der Waals surface area contributed by atoms with E-state index in [-0.39, 0.29) is 29.6 Å². The summed E-state index contributed by atoms with van der Waals surface area (Å²) in [6, 6.07) is 7.11. The van der Waals surface area contributed by atoms with Gasteiger partial charge in [-0.05, 0) is 63.1 Å². The van der Waals surface area contributed by atoms with Gasteiger partial charge in [0.05, 0.1) is 17.0 Å². The van der Waals surface area contributed by atoms with Crippen LogP contribution in [0.5, 0.6) is 0 Å². The third kappa shape index (κ3) is 7.30. The number of rotatable bonds is 7. The molecule has 0 radical (unpaired) electrons. The van der Waals surface area contributed by atoms with Crippen LogP contribution in [-0.2, 0) is 21.3 Å². The first-order valence-corrected chi connectivity index (χ1v) is 12.5. The maximum atomic E-state index is 12.9. The lowest BCUT2D eigenvalue weighted by Crippen LogP contribution is -2.45. The zero-order valence-electron chi connectivity index (χ0n) is 18.9. The van der Waals surface area contributed by atoms with Gasteiger partial charge in [0.15, 0.2) is 5.96 Å². The number of hydrogen-bond acceptors (Lipinski definition) is 4. The van der Waals surface area contributed by atoms with Gasteiger partial charge in [-0.25, -0.2) is 13.4 Å². The highest BCUT2D eigenvalue weighted by molar-refractivity contribution is 14.0. The minimum absolute atomic E-state index is 0. The second kappa shape index (κ2) is 11.8. The Morgan fingerprint density at radius 3 is 2.61 bits per heavy atom. The fourth-order valence-electron chi connectivity index (χ4n) is 4.04. The van der Waals surface area contributed by atoms with Gasteiger partial charge in [0.25, 0.3) is 0 Å². The quantitative estimate of drug-likeness (QED) is 0.302. The van der Waals surface area contributed by atoms with Gasteiger partial charge in [-0.1, -0.05) is 19.1 Å². The van der Waals surface area contributed by atoms with Crippen molar-refractivity contribution in [1.29, 1.82) is 0 Å². The van der Waals surface area contributed by atoms with E-state index >= 15 is 0 Å². The highest BCUT2D eigenvalue weighted by atomic mass is 127. The van der Waals surface area contributed by atoms with Crippen molar-refractivity contribution in [2.75, 3.05) is 32.8 Å². The van der Waals surface area contributed by atoms with Gasteiger partial charge in [0.2, 0.25) is 10.0 Å². The number of aliphatic imine (C=N–C) groups is 1. The third-order valence-corrected chi connectivity index (χ3v) is 7.75. The summed E-state index contributed by atoms with van der Waals surface area (Å²) in [5.41, 5.74) is 0.833.